The molecule has 1 fully saturated rings. The van der Waals surface area contributed by atoms with E-state index in [0.29, 0.717) is 13.2 Å². The third-order valence-electron chi connectivity index (χ3n) is 4.37. The first-order chi connectivity index (χ1) is 11.7. The van der Waals surface area contributed by atoms with Gasteiger partial charge in [-0.3, -0.25) is 9.78 Å². The second kappa shape index (κ2) is 6.41. The molecule has 0 saturated heterocycles. The summed E-state index contributed by atoms with van der Waals surface area (Å²) < 4.78 is 11.1. The first-order valence-corrected chi connectivity index (χ1v) is 8.84. The summed E-state index contributed by atoms with van der Waals surface area (Å²) in [6.07, 6.45) is 1.74. The highest BCUT2D eigenvalue weighted by atomic mass is 32.1. The van der Waals surface area contributed by atoms with Crippen molar-refractivity contribution in [3.8, 4) is 11.5 Å². The van der Waals surface area contributed by atoms with Crippen molar-refractivity contribution in [2.75, 3.05) is 19.8 Å². The molecule has 1 aromatic heterocycles. The van der Waals surface area contributed by atoms with E-state index < -0.39 is 6.10 Å². The third kappa shape index (κ3) is 3.09. The zero-order valence-corrected chi connectivity index (χ0v) is 13.8. The van der Waals surface area contributed by atoms with Crippen LogP contribution in [0.25, 0.3) is 0 Å². The van der Waals surface area contributed by atoms with Gasteiger partial charge in [0.1, 0.15) is 19.3 Å². The standard InChI is InChI=1S/C17H18N2O4S/c20-13(16-8-18-9-24-16)7-19-17(21)12-6-11(12)10-1-2-14-15(5-10)23-4-3-22-14/h1-2,5,8-9,11-13,20H,3-4,6-7H2,(H,19,21). The molecule has 7 heteroatoms. The normalized spacial score (nSPS) is 22.7. The molecule has 2 heterocycles. The molecular weight excluding hydrogens is 328 g/mol. The first kappa shape index (κ1) is 15.4. The molecule has 1 aliphatic heterocycles. The minimum Gasteiger partial charge on any atom is -0.486 e. The molecule has 2 N–H and O–H groups in total. The Labute approximate surface area is 143 Å². The van der Waals surface area contributed by atoms with Crippen LogP contribution in [0.15, 0.2) is 29.9 Å². The molecule has 2 aliphatic rings. The number of nitrogens with one attached hydrogen (secondary N) is 1. The summed E-state index contributed by atoms with van der Waals surface area (Å²) in [6, 6.07) is 5.88. The largest absolute Gasteiger partial charge is 0.486 e. The fraction of sp³-hybridized carbons (Fsp3) is 0.412. The van der Waals surface area contributed by atoms with Crippen molar-refractivity contribution >= 4 is 17.2 Å². The molecule has 4 rings (SSSR count). The van der Waals surface area contributed by atoms with Crippen LogP contribution in [-0.2, 0) is 4.79 Å². The van der Waals surface area contributed by atoms with E-state index in [-0.39, 0.29) is 24.3 Å². The van der Waals surface area contributed by atoms with Gasteiger partial charge < -0.3 is 19.9 Å². The van der Waals surface area contributed by atoms with Crippen LogP contribution in [0.4, 0.5) is 0 Å². The number of carbonyl (C=O) groups is 1. The molecular formula is C17H18N2O4S. The maximum Gasteiger partial charge on any atom is 0.223 e. The van der Waals surface area contributed by atoms with Crippen LogP contribution in [0.5, 0.6) is 11.5 Å². The number of aromatic nitrogens is 1. The second-order valence-corrected chi connectivity index (χ2v) is 6.93. The van der Waals surface area contributed by atoms with Crippen LogP contribution in [0, 0.1) is 5.92 Å². The van der Waals surface area contributed by atoms with E-state index in [2.05, 4.69) is 10.3 Å². The molecule has 6 nitrogen and oxygen atoms in total. The lowest BCUT2D eigenvalue weighted by molar-refractivity contribution is -0.122. The highest BCUT2D eigenvalue weighted by molar-refractivity contribution is 7.09. The average Bonchev–Trinajstić information content (AvgIpc) is 3.23. The molecule has 1 saturated carbocycles. The molecule has 0 bridgehead atoms. The number of aliphatic hydroxyl groups is 1. The molecule has 0 spiro atoms. The predicted molar refractivity (Wildman–Crippen MR) is 88.4 cm³/mol. The zero-order valence-electron chi connectivity index (χ0n) is 13.0. The second-order valence-electron chi connectivity index (χ2n) is 6.02. The minimum absolute atomic E-state index is 0.0153. The van der Waals surface area contributed by atoms with Crippen molar-refractivity contribution in [2.24, 2.45) is 5.92 Å². The molecule has 126 valence electrons. The fourth-order valence-electron chi connectivity index (χ4n) is 2.96. The highest BCUT2D eigenvalue weighted by Gasteiger charge is 2.44. The van der Waals surface area contributed by atoms with Crippen LogP contribution in [0.3, 0.4) is 0 Å². The first-order valence-electron chi connectivity index (χ1n) is 7.96. The summed E-state index contributed by atoms with van der Waals surface area (Å²) in [5, 5.41) is 12.8. The Hall–Kier alpha value is -2.12. The quantitative estimate of drug-likeness (QED) is 0.864. The van der Waals surface area contributed by atoms with Gasteiger partial charge >= 0.3 is 0 Å². The number of fused-ring (bicyclic) bond motifs is 1. The van der Waals surface area contributed by atoms with E-state index in [1.165, 1.54) is 11.3 Å². The van der Waals surface area contributed by atoms with Gasteiger partial charge in [0.15, 0.2) is 11.5 Å². The number of hydrogen-bond donors (Lipinski definition) is 2. The van der Waals surface area contributed by atoms with Gasteiger partial charge in [-0.1, -0.05) is 6.07 Å². The van der Waals surface area contributed by atoms with E-state index in [0.717, 1.165) is 28.4 Å². The topological polar surface area (TPSA) is 80.7 Å². The molecule has 1 amide bonds. The monoisotopic (exact) mass is 346 g/mol. The van der Waals surface area contributed by atoms with Crippen LogP contribution >= 0.6 is 11.3 Å². The Morgan fingerprint density at radius 3 is 3.00 bits per heavy atom. The SMILES string of the molecule is O=C(NCC(O)c1cncs1)C1CC1c1ccc2c(c1)OCCO2. The van der Waals surface area contributed by atoms with Crippen molar-refractivity contribution in [3.63, 3.8) is 0 Å². The zero-order chi connectivity index (χ0) is 16.5. The van der Waals surface area contributed by atoms with Gasteiger partial charge in [0.25, 0.3) is 0 Å². The van der Waals surface area contributed by atoms with E-state index in [1.807, 2.05) is 18.2 Å². The molecule has 3 unspecified atom stereocenters. The fourth-order valence-corrected chi connectivity index (χ4v) is 3.57. The molecule has 1 aliphatic carbocycles. The summed E-state index contributed by atoms with van der Waals surface area (Å²) in [5.74, 6) is 1.67. The van der Waals surface area contributed by atoms with Gasteiger partial charge in [-0.2, -0.15) is 0 Å². The number of benzene rings is 1. The van der Waals surface area contributed by atoms with E-state index in [4.69, 9.17) is 9.47 Å². The van der Waals surface area contributed by atoms with Gasteiger partial charge in [-0.05, 0) is 30.0 Å². The van der Waals surface area contributed by atoms with E-state index >= 15 is 0 Å². The Kier molecular flexibility index (Phi) is 4.12. The van der Waals surface area contributed by atoms with Crippen molar-refractivity contribution in [2.45, 2.75) is 18.4 Å². The van der Waals surface area contributed by atoms with E-state index in [1.54, 1.807) is 11.7 Å². The van der Waals surface area contributed by atoms with Crippen molar-refractivity contribution < 1.29 is 19.4 Å². The number of amides is 1. The molecule has 24 heavy (non-hydrogen) atoms. The summed E-state index contributed by atoms with van der Waals surface area (Å²) in [4.78, 5) is 16.9. The van der Waals surface area contributed by atoms with Crippen LogP contribution in [0.2, 0.25) is 0 Å². The number of rotatable bonds is 5. The molecule has 1 aromatic carbocycles. The molecule has 2 aromatic rings. The third-order valence-corrected chi connectivity index (χ3v) is 5.25. The number of ether oxygens (including phenoxy) is 2. The number of hydrogen-bond acceptors (Lipinski definition) is 6. The molecule has 3 atom stereocenters. The van der Waals surface area contributed by atoms with Crippen molar-refractivity contribution in [1.29, 1.82) is 0 Å². The van der Waals surface area contributed by atoms with Gasteiger partial charge in [0, 0.05) is 18.7 Å². The summed E-state index contributed by atoms with van der Waals surface area (Å²) in [7, 11) is 0. The Balaban J connectivity index is 1.33. The minimum atomic E-state index is -0.701. The lowest BCUT2D eigenvalue weighted by Crippen LogP contribution is -2.29. The predicted octanol–water partition coefficient (Wildman–Crippen LogP) is 1.87. The van der Waals surface area contributed by atoms with Crippen LogP contribution < -0.4 is 14.8 Å². The number of aliphatic hydroxyl groups excluding tert-OH is 1. The Bertz CT molecular complexity index is 734. The Morgan fingerprint density at radius 2 is 2.21 bits per heavy atom. The van der Waals surface area contributed by atoms with Crippen molar-refractivity contribution in [1.82, 2.24) is 10.3 Å². The van der Waals surface area contributed by atoms with Crippen LogP contribution in [0.1, 0.15) is 28.9 Å². The van der Waals surface area contributed by atoms with Crippen molar-refractivity contribution in [3.05, 3.63) is 40.3 Å². The maximum atomic E-state index is 12.3. The number of carbonyl (C=O) groups excluding carboxylic acids is 1. The lowest BCUT2D eigenvalue weighted by atomic mass is 10.1. The summed E-state index contributed by atoms with van der Waals surface area (Å²) in [6.45, 7) is 1.34. The van der Waals surface area contributed by atoms with E-state index in [9.17, 15) is 9.90 Å². The number of thiazole rings is 1. The van der Waals surface area contributed by atoms with Gasteiger partial charge in [0.05, 0.1) is 10.4 Å². The molecule has 0 radical (unpaired) electrons. The summed E-state index contributed by atoms with van der Waals surface area (Å²) >= 11 is 1.38. The smallest absolute Gasteiger partial charge is 0.223 e. The highest BCUT2D eigenvalue weighted by Crippen LogP contribution is 2.49. The summed E-state index contributed by atoms with van der Waals surface area (Å²) in [5.41, 5.74) is 2.77. The van der Waals surface area contributed by atoms with Gasteiger partial charge in [-0.15, -0.1) is 11.3 Å². The Morgan fingerprint density at radius 1 is 1.38 bits per heavy atom. The van der Waals surface area contributed by atoms with Crippen LogP contribution in [-0.4, -0.2) is 35.8 Å². The lowest BCUT2D eigenvalue weighted by Gasteiger charge is -2.18. The number of nitrogens with zero attached hydrogens (tertiary/aromatic N) is 1. The average molecular weight is 346 g/mol. The van der Waals surface area contributed by atoms with Gasteiger partial charge in [0.2, 0.25) is 5.91 Å². The van der Waals surface area contributed by atoms with Gasteiger partial charge in [-0.25, -0.2) is 0 Å². The maximum absolute atomic E-state index is 12.3.